The lowest BCUT2D eigenvalue weighted by atomic mass is 10.1. The largest absolute Gasteiger partial charge is 0.506 e. The highest BCUT2D eigenvalue weighted by molar-refractivity contribution is 9.10. The molecule has 0 heterocycles. The SMILES string of the molecule is O=[N+]([O-])c1cc(Br)c(O)c(/C=N\N=C2c3ccccc3-c3ccccc32)c1. The molecule has 0 saturated heterocycles. The normalized spacial score (nSPS) is 12.1. The number of phenols is 1. The Bertz CT molecular complexity index is 1090. The Hall–Kier alpha value is -3.32. The number of fused-ring (bicyclic) bond motifs is 3. The summed E-state index contributed by atoms with van der Waals surface area (Å²) in [4.78, 5) is 10.5. The Balaban J connectivity index is 1.77. The maximum atomic E-state index is 11.0. The van der Waals surface area contributed by atoms with Gasteiger partial charge in [0.1, 0.15) is 11.5 Å². The molecule has 1 aliphatic carbocycles. The topological polar surface area (TPSA) is 88.1 Å². The number of non-ortho nitro benzene ring substituents is 1. The second-order valence-corrected chi connectivity index (χ2v) is 6.76. The third kappa shape index (κ3) is 3.02. The van der Waals surface area contributed by atoms with E-state index in [4.69, 9.17) is 0 Å². The molecule has 1 aliphatic rings. The number of nitrogens with zero attached hydrogens (tertiary/aromatic N) is 3. The molecule has 0 bridgehead atoms. The molecule has 0 radical (unpaired) electrons. The van der Waals surface area contributed by atoms with E-state index in [-0.39, 0.29) is 21.5 Å². The minimum atomic E-state index is -0.531. The van der Waals surface area contributed by atoms with Crippen LogP contribution in [0.15, 0.2) is 75.3 Å². The van der Waals surface area contributed by atoms with Crippen LogP contribution in [-0.4, -0.2) is 22.0 Å². The van der Waals surface area contributed by atoms with E-state index < -0.39 is 4.92 Å². The van der Waals surface area contributed by atoms with Crippen LogP contribution >= 0.6 is 15.9 Å². The van der Waals surface area contributed by atoms with Crippen molar-refractivity contribution in [3.05, 3.63) is 91.9 Å². The van der Waals surface area contributed by atoms with Gasteiger partial charge in [-0.25, -0.2) is 0 Å². The van der Waals surface area contributed by atoms with E-state index in [2.05, 4.69) is 26.1 Å². The maximum absolute atomic E-state index is 11.0. The highest BCUT2D eigenvalue weighted by Gasteiger charge is 2.23. The van der Waals surface area contributed by atoms with Gasteiger partial charge >= 0.3 is 0 Å². The molecule has 7 heteroatoms. The fourth-order valence-corrected chi connectivity index (χ4v) is 3.52. The van der Waals surface area contributed by atoms with Crippen molar-refractivity contribution in [3.8, 4) is 16.9 Å². The first-order valence-electron chi connectivity index (χ1n) is 8.03. The highest BCUT2D eigenvalue weighted by atomic mass is 79.9. The van der Waals surface area contributed by atoms with Gasteiger partial charge in [-0.15, -0.1) is 5.10 Å². The van der Waals surface area contributed by atoms with Gasteiger partial charge in [-0.1, -0.05) is 48.5 Å². The van der Waals surface area contributed by atoms with E-state index >= 15 is 0 Å². The predicted molar refractivity (Wildman–Crippen MR) is 108 cm³/mol. The first-order valence-corrected chi connectivity index (χ1v) is 8.82. The summed E-state index contributed by atoms with van der Waals surface area (Å²) in [7, 11) is 0. The Morgan fingerprint density at radius 3 is 2.07 bits per heavy atom. The van der Waals surface area contributed by atoms with E-state index in [1.54, 1.807) is 0 Å². The fraction of sp³-hybridized carbons (Fsp3) is 0. The first-order chi connectivity index (χ1) is 13.1. The summed E-state index contributed by atoms with van der Waals surface area (Å²) in [6.07, 6.45) is 1.31. The maximum Gasteiger partial charge on any atom is 0.271 e. The van der Waals surface area contributed by atoms with Gasteiger partial charge in [-0.3, -0.25) is 10.1 Å². The van der Waals surface area contributed by atoms with Gasteiger partial charge in [0.05, 0.1) is 15.6 Å². The summed E-state index contributed by atoms with van der Waals surface area (Å²) in [6.45, 7) is 0. The second kappa shape index (κ2) is 6.77. The van der Waals surface area contributed by atoms with E-state index in [0.29, 0.717) is 0 Å². The Morgan fingerprint density at radius 1 is 0.963 bits per heavy atom. The zero-order valence-corrected chi connectivity index (χ0v) is 15.4. The average Bonchev–Trinajstić information content (AvgIpc) is 2.99. The lowest BCUT2D eigenvalue weighted by Gasteiger charge is -2.02. The predicted octanol–water partition coefficient (Wildman–Crippen LogP) is 4.91. The first kappa shape index (κ1) is 17.1. The molecule has 3 aromatic rings. The van der Waals surface area contributed by atoms with Gasteiger partial charge in [0, 0.05) is 28.8 Å². The molecule has 0 aromatic heterocycles. The molecule has 1 N–H and O–H groups in total. The van der Waals surface area contributed by atoms with Crippen LogP contribution in [0.1, 0.15) is 16.7 Å². The minimum absolute atomic E-state index is 0.128. The Morgan fingerprint density at radius 2 is 1.52 bits per heavy atom. The molecule has 0 saturated carbocycles. The van der Waals surface area contributed by atoms with Crippen LogP contribution in [0.2, 0.25) is 0 Å². The van der Waals surface area contributed by atoms with Crippen molar-refractivity contribution < 1.29 is 10.0 Å². The van der Waals surface area contributed by atoms with Gasteiger partial charge < -0.3 is 5.11 Å². The van der Waals surface area contributed by atoms with Crippen molar-refractivity contribution in [2.75, 3.05) is 0 Å². The Labute approximate surface area is 162 Å². The summed E-state index contributed by atoms with van der Waals surface area (Å²) < 4.78 is 0.224. The van der Waals surface area contributed by atoms with Gasteiger partial charge in [0.15, 0.2) is 0 Å². The fourth-order valence-electron chi connectivity index (χ4n) is 3.06. The van der Waals surface area contributed by atoms with Crippen LogP contribution in [0.5, 0.6) is 5.75 Å². The number of hydrogen-bond acceptors (Lipinski definition) is 5. The van der Waals surface area contributed by atoms with E-state index in [0.717, 1.165) is 28.0 Å². The van der Waals surface area contributed by atoms with Crippen molar-refractivity contribution in [2.24, 2.45) is 10.2 Å². The quantitative estimate of drug-likeness (QED) is 0.289. The van der Waals surface area contributed by atoms with Gasteiger partial charge in [-0.05, 0) is 27.1 Å². The van der Waals surface area contributed by atoms with Crippen LogP contribution in [-0.2, 0) is 0 Å². The minimum Gasteiger partial charge on any atom is -0.506 e. The number of nitro groups is 1. The number of halogens is 1. The van der Waals surface area contributed by atoms with E-state index in [1.165, 1.54) is 18.3 Å². The molecule has 4 rings (SSSR count). The zero-order valence-electron chi connectivity index (χ0n) is 13.8. The molecular weight excluding hydrogens is 410 g/mol. The number of hydrogen-bond donors (Lipinski definition) is 1. The molecule has 27 heavy (non-hydrogen) atoms. The van der Waals surface area contributed by atoms with Crippen molar-refractivity contribution in [1.82, 2.24) is 0 Å². The van der Waals surface area contributed by atoms with Crippen molar-refractivity contribution >= 4 is 33.5 Å². The number of benzene rings is 3. The smallest absolute Gasteiger partial charge is 0.271 e. The summed E-state index contributed by atoms with van der Waals surface area (Å²) in [5, 5.41) is 29.5. The number of rotatable bonds is 3. The Kier molecular flexibility index (Phi) is 4.29. The third-order valence-electron chi connectivity index (χ3n) is 4.30. The molecule has 0 atom stereocenters. The molecule has 6 nitrogen and oxygen atoms in total. The molecule has 3 aromatic carbocycles. The summed E-state index contributed by atoms with van der Waals surface area (Å²) >= 11 is 3.11. The van der Waals surface area contributed by atoms with E-state index in [9.17, 15) is 15.2 Å². The molecule has 0 amide bonds. The molecule has 132 valence electrons. The van der Waals surface area contributed by atoms with E-state index in [1.807, 2.05) is 48.5 Å². The molecular formula is C20H12BrN3O3. The van der Waals surface area contributed by atoms with Gasteiger partial charge in [0.2, 0.25) is 0 Å². The van der Waals surface area contributed by atoms with Crippen LogP contribution < -0.4 is 0 Å². The molecule has 0 fully saturated rings. The van der Waals surface area contributed by atoms with Crippen LogP contribution in [0.3, 0.4) is 0 Å². The second-order valence-electron chi connectivity index (χ2n) is 5.91. The monoisotopic (exact) mass is 421 g/mol. The van der Waals surface area contributed by atoms with Crippen LogP contribution in [0.4, 0.5) is 5.69 Å². The number of nitro benzene ring substituents is 1. The summed E-state index contributed by atoms with van der Waals surface area (Å²) in [6, 6.07) is 18.3. The standard InChI is InChI=1S/C20H12BrN3O3/c21-18-10-13(24(26)27)9-12(20(18)25)11-22-23-19-16-7-3-1-5-14(16)15-6-2-4-8-17(15)19/h1-11,25H/b22-11-. The number of aromatic hydroxyl groups is 1. The molecule has 0 unspecified atom stereocenters. The van der Waals surface area contributed by atoms with Gasteiger partial charge in [0.25, 0.3) is 5.69 Å². The number of phenolic OH excluding ortho intramolecular Hbond substituents is 1. The van der Waals surface area contributed by atoms with Crippen LogP contribution in [0, 0.1) is 10.1 Å². The van der Waals surface area contributed by atoms with Crippen molar-refractivity contribution in [3.63, 3.8) is 0 Å². The zero-order chi connectivity index (χ0) is 19.0. The molecule has 0 spiro atoms. The third-order valence-corrected chi connectivity index (χ3v) is 4.90. The summed E-state index contributed by atoms with van der Waals surface area (Å²) in [5.41, 5.74) is 4.90. The van der Waals surface area contributed by atoms with Crippen molar-refractivity contribution in [1.29, 1.82) is 0 Å². The lowest BCUT2D eigenvalue weighted by molar-refractivity contribution is -0.385. The van der Waals surface area contributed by atoms with Crippen molar-refractivity contribution in [2.45, 2.75) is 0 Å². The highest BCUT2D eigenvalue weighted by Crippen LogP contribution is 2.36. The lowest BCUT2D eigenvalue weighted by Crippen LogP contribution is -1.97. The molecule has 0 aliphatic heterocycles. The van der Waals surface area contributed by atoms with Crippen LogP contribution in [0.25, 0.3) is 11.1 Å². The average molecular weight is 422 g/mol. The summed E-state index contributed by atoms with van der Waals surface area (Å²) in [5.74, 6) is -0.128. The van der Waals surface area contributed by atoms with Gasteiger partial charge in [-0.2, -0.15) is 5.10 Å².